The minimum absolute atomic E-state index is 0.238. The Kier molecular flexibility index (Phi) is 4.60. The van der Waals surface area contributed by atoms with Crippen LogP contribution in [0.3, 0.4) is 0 Å². The van der Waals surface area contributed by atoms with Crippen molar-refractivity contribution in [3.05, 3.63) is 64.8 Å². The van der Waals surface area contributed by atoms with E-state index in [1.54, 1.807) is 0 Å². The number of pyridine rings is 1. The van der Waals surface area contributed by atoms with Crippen LogP contribution >= 0.6 is 11.3 Å². The third-order valence-corrected chi connectivity index (χ3v) is 5.74. The number of fused-ring (bicyclic) bond motifs is 1. The maximum absolute atomic E-state index is 4.79. The van der Waals surface area contributed by atoms with Gasteiger partial charge in [0.05, 0.1) is 11.7 Å². The summed E-state index contributed by atoms with van der Waals surface area (Å²) in [5.41, 5.74) is 3.77. The summed E-state index contributed by atoms with van der Waals surface area (Å²) in [5, 5.41) is 7.21. The van der Waals surface area contributed by atoms with Gasteiger partial charge in [0.15, 0.2) is 0 Å². The van der Waals surface area contributed by atoms with Crippen LogP contribution in [-0.2, 0) is 0 Å². The second-order valence-electron chi connectivity index (χ2n) is 6.49. The fraction of sp³-hybridized carbons (Fsp3) is 0.350. The zero-order valence-corrected chi connectivity index (χ0v) is 14.9. The number of benzene rings is 1. The molecule has 1 atom stereocenters. The highest BCUT2D eigenvalue weighted by molar-refractivity contribution is 7.17. The van der Waals surface area contributed by atoms with E-state index >= 15 is 0 Å². The molecule has 0 radical (unpaired) electrons. The van der Waals surface area contributed by atoms with E-state index in [0.717, 1.165) is 31.9 Å². The van der Waals surface area contributed by atoms with E-state index in [9.17, 15) is 0 Å². The first kappa shape index (κ1) is 15.8. The normalized spacial score (nSPS) is 17.7. The minimum Gasteiger partial charge on any atom is -0.315 e. The Balaban J connectivity index is 1.81. The predicted molar refractivity (Wildman–Crippen MR) is 102 cm³/mol. The van der Waals surface area contributed by atoms with Crippen LogP contribution in [0.25, 0.3) is 10.1 Å². The van der Waals surface area contributed by atoms with Gasteiger partial charge in [-0.15, -0.1) is 11.3 Å². The van der Waals surface area contributed by atoms with Crippen molar-refractivity contribution in [1.29, 1.82) is 0 Å². The van der Waals surface area contributed by atoms with Gasteiger partial charge in [-0.2, -0.15) is 0 Å². The summed E-state index contributed by atoms with van der Waals surface area (Å²) >= 11 is 1.84. The van der Waals surface area contributed by atoms with Crippen LogP contribution in [0.15, 0.2) is 48.0 Å². The highest BCUT2D eigenvalue weighted by Gasteiger charge is 2.26. The summed E-state index contributed by atoms with van der Waals surface area (Å²) in [7, 11) is 0. The van der Waals surface area contributed by atoms with Crippen LogP contribution in [-0.4, -0.2) is 36.1 Å². The molecule has 3 heterocycles. The van der Waals surface area contributed by atoms with Gasteiger partial charge >= 0.3 is 0 Å². The van der Waals surface area contributed by atoms with Crippen LogP contribution in [0.1, 0.15) is 29.3 Å². The fourth-order valence-corrected chi connectivity index (χ4v) is 4.50. The number of aromatic nitrogens is 1. The van der Waals surface area contributed by atoms with Gasteiger partial charge in [0.2, 0.25) is 0 Å². The quantitative estimate of drug-likeness (QED) is 0.783. The number of rotatable bonds is 3. The molecule has 4 rings (SSSR count). The third kappa shape index (κ3) is 3.09. The molecule has 0 bridgehead atoms. The lowest BCUT2D eigenvalue weighted by atomic mass is 9.99. The molecule has 1 N–H and O–H groups in total. The van der Waals surface area contributed by atoms with E-state index < -0.39 is 0 Å². The molecular formula is C20H23N3S. The van der Waals surface area contributed by atoms with Crippen LogP contribution < -0.4 is 5.32 Å². The Morgan fingerprint density at radius 1 is 1.12 bits per heavy atom. The van der Waals surface area contributed by atoms with Gasteiger partial charge in [-0.1, -0.05) is 24.3 Å². The van der Waals surface area contributed by atoms with Gasteiger partial charge < -0.3 is 5.32 Å². The van der Waals surface area contributed by atoms with Gasteiger partial charge in [0, 0.05) is 30.5 Å². The first-order valence-electron chi connectivity index (χ1n) is 8.66. The number of aryl methyl sites for hydroxylation is 1. The summed E-state index contributed by atoms with van der Waals surface area (Å²) < 4.78 is 1.36. The molecule has 0 aliphatic carbocycles. The molecule has 0 saturated carbocycles. The zero-order valence-electron chi connectivity index (χ0n) is 14.0. The van der Waals surface area contributed by atoms with Crippen LogP contribution in [0.5, 0.6) is 0 Å². The molecule has 1 aromatic carbocycles. The number of hydrogen-bond acceptors (Lipinski definition) is 4. The molecule has 24 heavy (non-hydrogen) atoms. The Morgan fingerprint density at radius 3 is 2.92 bits per heavy atom. The van der Waals surface area contributed by atoms with Crippen molar-refractivity contribution >= 4 is 21.4 Å². The Hall–Kier alpha value is -1.75. The molecule has 4 heteroatoms. The lowest BCUT2D eigenvalue weighted by Crippen LogP contribution is -2.33. The summed E-state index contributed by atoms with van der Waals surface area (Å²) in [5.74, 6) is 0. The van der Waals surface area contributed by atoms with Gasteiger partial charge in [-0.25, -0.2) is 0 Å². The first-order chi connectivity index (χ1) is 11.8. The SMILES string of the molecule is Cc1ccc(C(c2csc3ccccc23)N2CCCNCC2)nc1. The van der Waals surface area contributed by atoms with E-state index in [-0.39, 0.29) is 6.04 Å². The van der Waals surface area contributed by atoms with Crippen molar-refractivity contribution in [3.8, 4) is 0 Å². The Bertz CT molecular complexity index is 801. The second-order valence-corrected chi connectivity index (χ2v) is 7.40. The van der Waals surface area contributed by atoms with E-state index in [2.05, 4.69) is 58.9 Å². The van der Waals surface area contributed by atoms with E-state index in [1.807, 2.05) is 17.5 Å². The monoisotopic (exact) mass is 337 g/mol. The lowest BCUT2D eigenvalue weighted by molar-refractivity contribution is 0.239. The lowest BCUT2D eigenvalue weighted by Gasteiger charge is -2.30. The summed E-state index contributed by atoms with van der Waals surface area (Å²) in [6, 6.07) is 13.3. The van der Waals surface area contributed by atoms with E-state index in [0.29, 0.717) is 0 Å². The van der Waals surface area contributed by atoms with Crippen molar-refractivity contribution in [2.45, 2.75) is 19.4 Å². The number of nitrogens with one attached hydrogen (secondary N) is 1. The summed E-state index contributed by atoms with van der Waals surface area (Å²) in [6.07, 6.45) is 3.18. The molecule has 124 valence electrons. The molecular weight excluding hydrogens is 314 g/mol. The highest BCUT2D eigenvalue weighted by atomic mass is 32.1. The number of thiophene rings is 1. The summed E-state index contributed by atoms with van der Waals surface area (Å²) in [6.45, 7) is 6.42. The molecule has 1 unspecified atom stereocenters. The zero-order chi connectivity index (χ0) is 16.4. The molecule has 2 aromatic heterocycles. The smallest absolute Gasteiger partial charge is 0.0790 e. The standard InChI is InChI=1S/C20H23N3S/c1-15-7-8-18(22-13-15)20(23-11-4-9-21-10-12-23)17-14-24-19-6-3-2-5-16(17)19/h2-3,5-8,13-14,20-21H,4,9-12H2,1H3. The minimum atomic E-state index is 0.238. The molecule has 3 aromatic rings. The van der Waals surface area contributed by atoms with Crippen molar-refractivity contribution in [2.24, 2.45) is 0 Å². The topological polar surface area (TPSA) is 28.2 Å². The molecule has 0 spiro atoms. The largest absolute Gasteiger partial charge is 0.315 e. The highest BCUT2D eigenvalue weighted by Crippen LogP contribution is 2.36. The molecule has 1 saturated heterocycles. The van der Waals surface area contributed by atoms with Gasteiger partial charge in [-0.05, 0) is 53.9 Å². The molecule has 1 fully saturated rings. The van der Waals surface area contributed by atoms with Crippen LogP contribution in [0, 0.1) is 6.92 Å². The van der Waals surface area contributed by atoms with Gasteiger partial charge in [0.25, 0.3) is 0 Å². The molecule has 1 aliphatic rings. The summed E-state index contributed by atoms with van der Waals surface area (Å²) in [4.78, 5) is 7.38. The van der Waals surface area contributed by atoms with Crippen molar-refractivity contribution in [3.63, 3.8) is 0 Å². The molecule has 3 nitrogen and oxygen atoms in total. The molecule has 0 amide bonds. The Labute approximate surface area is 147 Å². The number of hydrogen-bond donors (Lipinski definition) is 1. The second kappa shape index (κ2) is 7.01. The fourth-order valence-electron chi connectivity index (χ4n) is 3.52. The predicted octanol–water partition coefficient (Wildman–Crippen LogP) is 3.99. The van der Waals surface area contributed by atoms with Crippen LogP contribution in [0.4, 0.5) is 0 Å². The average molecular weight is 337 g/mol. The van der Waals surface area contributed by atoms with E-state index in [1.165, 1.54) is 27.6 Å². The average Bonchev–Trinajstić information content (AvgIpc) is 2.84. The third-order valence-electron chi connectivity index (χ3n) is 4.76. The maximum Gasteiger partial charge on any atom is 0.0790 e. The van der Waals surface area contributed by atoms with Gasteiger partial charge in [0.1, 0.15) is 0 Å². The van der Waals surface area contributed by atoms with Crippen LogP contribution in [0.2, 0.25) is 0 Å². The first-order valence-corrected chi connectivity index (χ1v) is 9.54. The van der Waals surface area contributed by atoms with Crippen molar-refractivity contribution in [2.75, 3.05) is 26.2 Å². The van der Waals surface area contributed by atoms with Crippen molar-refractivity contribution in [1.82, 2.24) is 15.2 Å². The van der Waals surface area contributed by atoms with E-state index in [4.69, 9.17) is 4.98 Å². The molecule has 1 aliphatic heterocycles. The number of nitrogens with zero attached hydrogens (tertiary/aromatic N) is 2. The Morgan fingerprint density at radius 2 is 2.04 bits per heavy atom. The van der Waals surface area contributed by atoms with Crippen molar-refractivity contribution < 1.29 is 0 Å². The van der Waals surface area contributed by atoms with Gasteiger partial charge in [-0.3, -0.25) is 9.88 Å². The maximum atomic E-state index is 4.79.